The Morgan fingerprint density at radius 1 is 1.20 bits per heavy atom. The molecule has 1 aliphatic rings. The molecule has 0 unspecified atom stereocenters. The van der Waals surface area contributed by atoms with Gasteiger partial charge in [-0.05, 0) is 43.7 Å². The highest BCUT2D eigenvalue weighted by Crippen LogP contribution is 2.38. The number of rotatable bonds is 6. The van der Waals surface area contributed by atoms with Crippen molar-refractivity contribution < 1.29 is 14.3 Å². The number of carbonyl (C=O) groups excluding carboxylic acids is 1. The first kappa shape index (κ1) is 20.1. The Labute approximate surface area is 179 Å². The number of benzene rings is 2. The number of anilines is 1. The van der Waals surface area contributed by atoms with E-state index < -0.39 is 5.25 Å². The van der Waals surface area contributed by atoms with Crippen LogP contribution in [-0.2, 0) is 4.79 Å². The van der Waals surface area contributed by atoms with E-state index in [9.17, 15) is 4.79 Å². The summed E-state index contributed by atoms with van der Waals surface area (Å²) in [7, 11) is 1.58. The molecular formula is C21H23N5O3S. The third-order valence-electron chi connectivity index (χ3n) is 4.77. The van der Waals surface area contributed by atoms with Crippen LogP contribution in [0.5, 0.6) is 11.5 Å². The van der Waals surface area contributed by atoms with Gasteiger partial charge in [-0.3, -0.25) is 4.79 Å². The minimum absolute atomic E-state index is 0.150. The summed E-state index contributed by atoms with van der Waals surface area (Å²) in [5, 5.41) is 11.5. The summed E-state index contributed by atoms with van der Waals surface area (Å²) in [6.07, 6.45) is 0. The minimum atomic E-state index is -0.469. The van der Waals surface area contributed by atoms with Crippen LogP contribution in [0.3, 0.4) is 0 Å². The van der Waals surface area contributed by atoms with E-state index in [2.05, 4.69) is 20.9 Å². The minimum Gasteiger partial charge on any atom is -0.495 e. The number of methoxy groups -OCH3 is 1. The number of thioether (sulfide) groups is 1. The molecule has 0 aliphatic carbocycles. The van der Waals surface area contributed by atoms with Crippen molar-refractivity contribution in [2.24, 2.45) is 0 Å². The Morgan fingerprint density at radius 3 is 2.70 bits per heavy atom. The first-order chi connectivity index (χ1) is 14.6. The van der Waals surface area contributed by atoms with Crippen molar-refractivity contribution in [2.75, 3.05) is 24.5 Å². The summed E-state index contributed by atoms with van der Waals surface area (Å²) in [6.45, 7) is 4.42. The molecule has 4 rings (SSSR count). The Bertz CT molecular complexity index is 1040. The Balaban J connectivity index is 1.65. The largest absolute Gasteiger partial charge is 0.495 e. The number of amides is 1. The number of nitrogens with one attached hydrogen (secondary N) is 2. The summed E-state index contributed by atoms with van der Waals surface area (Å²) in [5.74, 6) is 1.98. The molecule has 30 heavy (non-hydrogen) atoms. The van der Waals surface area contributed by atoms with Crippen molar-refractivity contribution in [3.8, 4) is 11.5 Å². The quantitative estimate of drug-likeness (QED) is 0.626. The topological polar surface area (TPSA) is 90.3 Å². The Morgan fingerprint density at radius 2 is 1.97 bits per heavy atom. The van der Waals surface area contributed by atoms with E-state index in [4.69, 9.17) is 9.47 Å². The van der Waals surface area contributed by atoms with E-state index in [1.807, 2.05) is 67.1 Å². The van der Waals surface area contributed by atoms with E-state index in [1.165, 1.54) is 11.8 Å². The van der Waals surface area contributed by atoms with Crippen LogP contribution < -0.4 is 20.2 Å². The van der Waals surface area contributed by atoms with Crippen LogP contribution in [-0.4, -0.2) is 39.7 Å². The van der Waals surface area contributed by atoms with Gasteiger partial charge in [-0.15, -0.1) is 10.2 Å². The molecule has 0 fully saturated rings. The highest BCUT2D eigenvalue weighted by Gasteiger charge is 2.37. The third kappa shape index (κ3) is 3.93. The van der Waals surface area contributed by atoms with Crippen LogP contribution in [0.1, 0.15) is 24.4 Å². The van der Waals surface area contributed by atoms with Crippen molar-refractivity contribution in [3.63, 3.8) is 0 Å². The lowest BCUT2D eigenvalue weighted by molar-refractivity contribution is -0.116. The molecule has 0 radical (unpaired) electrons. The lowest BCUT2D eigenvalue weighted by Gasteiger charge is -2.32. The molecule has 9 heteroatoms. The summed E-state index contributed by atoms with van der Waals surface area (Å²) in [5.41, 5.74) is 4.98. The average Bonchev–Trinajstić information content (AvgIpc) is 3.14. The Hall–Kier alpha value is -3.20. The van der Waals surface area contributed by atoms with Gasteiger partial charge in [0, 0.05) is 0 Å². The fraction of sp³-hybridized carbons (Fsp3) is 0.286. The van der Waals surface area contributed by atoms with Gasteiger partial charge in [0.2, 0.25) is 11.1 Å². The number of carbonyl (C=O) groups is 1. The fourth-order valence-corrected chi connectivity index (χ4v) is 4.43. The lowest BCUT2D eigenvalue weighted by Crippen LogP contribution is -2.41. The van der Waals surface area contributed by atoms with Gasteiger partial charge < -0.3 is 20.2 Å². The number of para-hydroxylation sites is 2. The lowest BCUT2D eigenvalue weighted by atomic mass is 10.0. The van der Waals surface area contributed by atoms with Gasteiger partial charge >= 0.3 is 0 Å². The maximum atomic E-state index is 13.3. The summed E-state index contributed by atoms with van der Waals surface area (Å²) in [4.78, 5) is 13.3. The van der Waals surface area contributed by atoms with Crippen LogP contribution in [0.25, 0.3) is 0 Å². The van der Waals surface area contributed by atoms with Crippen molar-refractivity contribution in [1.29, 1.82) is 0 Å². The molecule has 1 amide bonds. The maximum absolute atomic E-state index is 13.3. The van der Waals surface area contributed by atoms with Crippen LogP contribution in [0, 0.1) is 6.92 Å². The SMILES string of the molecule is CCOc1ccc([C@H]2Nn3c(C)nnc3S[C@H]2C(=O)Nc2ccccc2OC)cc1. The van der Waals surface area contributed by atoms with E-state index in [-0.39, 0.29) is 11.9 Å². The fourth-order valence-electron chi connectivity index (χ4n) is 3.30. The molecule has 2 N–H and O–H groups in total. The van der Waals surface area contributed by atoms with Crippen molar-refractivity contribution >= 4 is 23.4 Å². The first-order valence-corrected chi connectivity index (χ1v) is 10.5. The molecule has 0 saturated carbocycles. The number of fused-ring (bicyclic) bond motifs is 1. The molecule has 2 aromatic carbocycles. The Kier molecular flexibility index (Phi) is 5.80. The number of nitrogens with zero attached hydrogens (tertiary/aromatic N) is 3. The van der Waals surface area contributed by atoms with Crippen molar-refractivity contribution in [1.82, 2.24) is 14.9 Å². The monoisotopic (exact) mass is 425 g/mol. The molecule has 0 saturated heterocycles. The second-order valence-corrected chi connectivity index (χ2v) is 7.81. The molecular weight excluding hydrogens is 402 g/mol. The summed E-state index contributed by atoms with van der Waals surface area (Å²) in [6, 6.07) is 14.8. The molecule has 2 atom stereocenters. The molecule has 156 valence electrons. The number of aromatic nitrogens is 3. The van der Waals surface area contributed by atoms with Crippen LogP contribution in [0.4, 0.5) is 5.69 Å². The number of hydrogen-bond acceptors (Lipinski definition) is 7. The zero-order chi connectivity index (χ0) is 21.1. The molecule has 0 spiro atoms. The van der Waals surface area contributed by atoms with Gasteiger partial charge in [-0.25, -0.2) is 4.68 Å². The second kappa shape index (κ2) is 8.66. The van der Waals surface area contributed by atoms with Crippen LogP contribution in [0.2, 0.25) is 0 Å². The highest BCUT2D eigenvalue weighted by atomic mass is 32.2. The predicted octanol–water partition coefficient (Wildman–Crippen LogP) is 3.39. The normalized spacial score (nSPS) is 17.6. The molecule has 1 aliphatic heterocycles. The van der Waals surface area contributed by atoms with Gasteiger partial charge in [0.05, 0.1) is 25.4 Å². The van der Waals surface area contributed by atoms with Gasteiger partial charge in [-0.1, -0.05) is 36.0 Å². The smallest absolute Gasteiger partial charge is 0.240 e. The van der Waals surface area contributed by atoms with Crippen LogP contribution >= 0.6 is 11.8 Å². The third-order valence-corrected chi connectivity index (χ3v) is 5.99. The van der Waals surface area contributed by atoms with Gasteiger partial charge in [0.25, 0.3) is 0 Å². The van der Waals surface area contributed by atoms with Crippen molar-refractivity contribution in [3.05, 3.63) is 59.9 Å². The summed E-state index contributed by atoms with van der Waals surface area (Å²) < 4.78 is 12.7. The first-order valence-electron chi connectivity index (χ1n) is 9.62. The predicted molar refractivity (Wildman–Crippen MR) is 116 cm³/mol. The molecule has 1 aromatic heterocycles. The van der Waals surface area contributed by atoms with Gasteiger partial charge in [0.1, 0.15) is 22.6 Å². The zero-order valence-electron chi connectivity index (χ0n) is 17.0. The standard InChI is InChI=1S/C21H23N5O3S/c1-4-29-15-11-9-14(10-12-15)18-19(30-21-24-23-13(2)26(21)25-18)20(27)22-16-7-5-6-8-17(16)28-3/h5-12,18-19,25H,4H2,1-3H3,(H,22,27)/t18-,19-/m1/s1. The zero-order valence-corrected chi connectivity index (χ0v) is 17.8. The maximum Gasteiger partial charge on any atom is 0.240 e. The van der Waals surface area contributed by atoms with Gasteiger partial charge in [0.15, 0.2) is 0 Å². The number of ether oxygens (including phenoxy) is 2. The van der Waals surface area contributed by atoms with E-state index in [0.29, 0.717) is 23.2 Å². The molecule has 0 bridgehead atoms. The number of aryl methyl sites for hydroxylation is 1. The van der Waals surface area contributed by atoms with E-state index >= 15 is 0 Å². The average molecular weight is 426 g/mol. The van der Waals surface area contributed by atoms with E-state index in [1.54, 1.807) is 7.11 Å². The molecule has 3 aromatic rings. The number of hydrogen-bond donors (Lipinski definition) is 2. The second-order valence-electron chi connectivity index (χ2n) is 6.70. The van der Waals surface area contributed by atoms with Crippen LogP contribution in [0.15, 0.2) is 53.7 Å². The molecule has 2 heterocycles. The van der Waals surface area contributed by atoms with E-state index in [0.717, 1.165) is 17.1 Å². The van der Waals surface area contributed by atoms with Gasteiger partial charge in [-0.2, -0.15) is 0 Å². The molecule has 8 nitrogen and oxygen atoms in total. The van der Waals surface area contributed by atoms with Crippen molar-refractivity contribution in [2.45, 2.75) is 30.3 Å². The summed E-state index contributed by atoms with van der Waals surface area (Å²) >= 11 is 1.38. The highest BCUT2D eigenvalue weighted by molar-refractivity contribution is 8.00.